The quantitative estimate of drug-likeness (QED) is 0.484. The fourth-order valence-corrected chi connectivity index (χ4v) is 5.46. The lowest BCUT2D eigenvalue weighted by molar-refractivity contribution is 0.101. The molecule has 0 saturated carbocycles. The van der Waals surface area contributed by atoms with E-state index in [0.717, 1.165) is 55.7 Å². The Balaban J connectivity index is 1.11. The first-order valence-electron chi connectivity index (χ1n) is 11.2. The minimum Gasteiger partial charge on any atom is -0.367 e. The van der Waals surface area contributed by atoms with Crippen LogP contribution in [0.5, 0.6) is 0 Å². The highest BCUT2D eigenvalue weighted by molar-refractivity contribution is 7.00. The van der Waals surface area contributed by atoms with Crippen molar-refractivity contribution in [3.05, 3.63) is 65.0 Å². The van der Waals surface area contributed by atoms with Crippen LogP contribution < -0.4 is 10.2 Å². The molecule has 0 spiro atoms. The van der Waals surface area contributed by atoms with E-state index in [4.69, 9.17) is 4.52 Å². The lowest BCUT2D eigenvalue weighted by Gasteiger charge is -2.27. The number of likely N-dealkylation sites (tertiary alicyclic amines) is 1. The van der Waals surface area contributed by atoms with Gasteiger partial charge in [-0.1, -0.05) is 11.2 Å². The third-order valence-electron chi connectivity index (χ3n) is 6.54. The first-order valence-corrected chi connectivity index (χ1v) is 11.9. The molecule has 168 valence electrons. The summed E-state index contributed by atoms with van der Waals surface area (Å²) in [6.07, 6.45) is 2.15. The molecular weight excluding hydrogens is 436 g/mol. The Morgan fingerprint density at radius 2 is 2.06 bits per heavy atom. The molecule has 9 heteroatoms. The standard InChI is InChI=1S/C24H24N6O2S/c1-15-10-22(26-32-15)24(31)25-18-3-5-23-17(12-18)6-9-30(23)19-7-8-29(14-19)13-16-2-4-20-21(11-16)28-33-27-20/h2-5,10-12,19H,6-9,13-14H2,1H3,(H,25,31). The van der Waals surface area contributed by atoms with E-state index >= 15 is 0 Å². The molecule has 4 heterocycles. The maximum Gasteiger partial charge on any atom is 0.277 e. The van der Waals surface area contributed by atoms with Crippen molar-refractivity contribution in [2.45, 2.75) is 32.4 Å². The van der Waals surface area contributed by atoms with E-state index < -0.39 is 0 Å². The predicted molar refractivity (Wildman–Crippen MR) is 128 cm³/mol. The molecule has 1 atom stereocenters. The highest BCUT2D eigenvalue weighted by Crippen LogP contribution is 2.34. The maximum atomic E-state index is 12.4. The Kier molecular flexibility index (Phi) is 5.07. The van der Waals surface area contributed by atoms with Gasteiger partial charge < -0.3 is 14.7 Å². The van der Waals surface area contributed by atoms with Crippen molar-refractivity contribution in [1.29, 1.82) is 0 Å². The number of nitrogens with zero attached hydrogens (tertiary/aromatic N) is 5. The number of nitrogens with one attached hydrogen (secondary N) is 1. The van der Waals surface area contributed by atoms with E-state index in [1.165, 1.54) is 28.5 Å². The minimum atomic E-state index is -0.250. The summed E-state index contributed by atoms with van der Waals surface area (Å²) in [5.74, 6) is 0.371. The van der Waals surface area contributed by atoms with Crippen LogP contribution >= 0.6 is 11.7 Å². The third-order valence-corrected chi connectivity index (χ3v) is 7.10. The number of anilines is 2. The fourth-order valence-electron chi connectivity index (χ4n) is 4.95. The Bertz CT molecular complexity index is 1330. The Morgan fingerprint density at radius 3 is 2.94 bits per heavy atom. The molecule has 4 aromatic rings. The summed E-state index contributed by atoms with van der Waals surface area (Å²) in [5, 5.41) is 6.73. The summed E-state index contributed by atoms with van der Waals surface area (Å²) < 4.78 is 13.7. The second-order valence-electron chi connectivity index (χ2n) is 8.83. The summed E-state index contributed by atoms with van der Waals surface area (Å²) in [6.45, 7) is 5.88. The van der Waals surface area contributed by atoms with Crippen LogP contribution in [0.25, 0.3) is 11.0 Å². The average molecular weight is 461 g/mol. The van der Waals surface area contributed by atoms with Crippen molar-refractivity contribution in [2.24, 2.45) is 0 Å². The first kappa shape index (κ1) is 20.3. The van der Waals surface area contributed by atoms with Gasteiger partial charge in [-0.15, -0.1) is 0 Å². The van der Waals surface area contributed by atoms with Gasteiger partial charge in [0, 0.05) is 49.7 Å². The predicted octanol–water partition coefficient (Wildman–Crippen LogP) is 3.88. The normalized spacial score (nSPS) is 18.2. The van der Waals surface area contributed by atoms with Gasteiger partial charge in [0.2, 0.25) is 0 Å². The number of hydrogen-bond donors (Lipinski definition) is 1. The Labute approximate surface area is 195 Å². The number of aromatic nitrogens is 3. The van der Waals surface area contributed by atoms with E-state index in [1.807, 2.05) is 6.07 Å². The maximum absolute atomic E-state index is 12.4. The van der Waals surface area contributed by atoms with Crippen LogP contribution in [0, 0.1) is 6.92 Å². The molecule has 1 amide bonds. The molecule has 1 N–H and O–H groups in total. The molecule has 0 radical (unpaired) electrons. The molecule has 8 nitrogen and oxygen atoms in total. The van der Waals surface area contributed by atoms with Crippen LogP contribution in [0.15, 0.2) is 47.0 Å². The van der Waals surface area contributed by atoms with Crippen LogP contribution in [0.1, 0.15) is 33.8 Å². The highest BCUT2D eigenvalue weighted by atomic mass is 32.1. The zero-order valence-electron chi connectivity index (χ0n) is 18.3. The van der Waals surface area contributed by atoms with Gasteiger partial charge in [-0.25, -0.2) is 0 Å². The summed E-state index contributed by atoms with van der Waals surface area (Å²) in [6, 6.07) is 14.7. The van der Waals surface area contributed by atoms with Crippen molar-refractivity contribution in [3.8, 4) is 0 Å². The average Bonchev–Trinajstić information content (AvgIpc) is 3.60. The van der Waals surface area contributed by atoms with Crippen molar-refractivity contribution in [3.63, 3.8) is 0 Å². The molecule has 2 aromatic heterocycles. The number of hydrogen-bond acceptors (Lipinski definition) is 8. The van der Waals surface area contributed by atoms with E-state index in [2.05, 4.69) is 59.4 Å². The second-order valence-corrected chi connectivity index (χ2v) is 9.36. The van der Waals surface area contributed by atoms with Gasteiger partial charge in [-0.05, 0) is 61.2 Å². The number of rotatable bonds is 5. The Morgan fingerprint density at radius 1 is 1.15 bits per heavy atom. The number of fused-ring (bicyclic) bond motifs is 2. The lowest BCUT2D eigenvalue weighted by Crippen LogP contribution is -2.36. The molecule has 0 bridgehead atoms. The summed E-state index contributed by atoms with van der Waals surface area (Å²) in [7, 11) is 0. The smallest absolute Gasteiger partial charge is 0.277 e. The monoisotopic (exact) mass is 460 g/mol. The number of benzene rings is 2. The molecule has 1 unspecified atom stereocenters. The van der Waals surface area contributed by atoms with Crippen molar-refractivity contribution in [2.75, 3.05) is 29.9 Å². The molecule has 33 heavy (non-hydrogen) atoms. The molecule has 1 saturated heterocycles. The van der Waals surface area contributed by atoms with E-state index in [1.54, 1.807) is 13.0 Å². The van der Waals surface area contributed by atoms with Gasteiger partial charge in [0.25, 0.3) is 5.91 Å². The molecule has 2 aliphatic heterocycles. The van der Waals surface area contributed by atoms with Gasteiger partial charge in [0.1, 0.15) is 16.8 Å². The van der Waals surface area contributed by atoms with Gasteiger partial charge >= 0.3 is 0 Å². The number of carbonyl (C=O) groups excluding carboxylic acids is 1. The van der Waals surface area contributed by atoms with Crippen LogP contribution in [-0.2, 0) is 13.0 Å². The number of aryl methyl sites for hydroxylation is 1. The van der Waals surface area contributed by atoms with Gasteiger partial charge in [-0.2, -0.15) is 8.75 Å². The molecule has 2 aliphatic rings. The Hall–Kier alpha value is -3.30. The van der Waals surface area contributed by atoms with E-state index in [0.29, 0.717) is 17.5 Å². The SMILES string of the molecule is Cc1cc(C(=O)Nc2ccc3c(c2)CCN3C2CCN(Cc3ccc4nsnc4c3)C2)no1. The van der Waals surface area contributed by atoms with Gasteiger partial charge in [0.15, 0.2) is 5.69 Å². The summed E-state index contributed by atoms with van der Waals surface area (Å²) in [4.78, 5) is 17.5. The highest BCUT2D eigenvalue weighted by Gasteiger charge is 2.32. The van der Waals surface area contributed by atoms with Crippen LogP contribution in [-0.4, -0.2) is 50.4 Å². The molecule has 1 fully saturated rings. The fraction of sp³-hybridized carbons (Fsp3) is 0.333. The topological polar surface area (TPSA) is 87.4 Å². The first-order chi connectivity index (χ1) is 16.1. The summed E-state index contributed by atoms with van der Waals surface area (Å²) >= 11 is 1.27. The van der Waals surface area contributed by atoms with Crippen LogP contribution in [0.2, 0.25) is 0 Å². The largest absolute Gasteiger partial charge is 0.367 e. The van der Waals surface area contributed by atoms with Crippen LogP contribution in [0.3, 0.4) is 0 Å². The zero-order valence-corrected chi connectivity index (χ0v) is 19.1. The van der Waals surface area contributed by atoms with Gasteiger partial charge in [0.05, 0.1) is 11.7 Å². The van der Waals surface area contributed by atoms with Crippen molar-refractivity contribution in [1.82, 2.24) is 18.8 Å². The second kappa shape index (κ2) is 8.24. The minimum absolute atomic E-state index is 0.250. The molecular formula is C24H24N6O2S. The molecule has 2 aromatic carbocycles. The van der Waals surface area contributed by atoms with Crippen molar-refractivity contribution >= 4 is 40.0 Å². The van der Waals surface area contributed by atoms with E-state index in [-0.39, 0.29) is 5.91 Å². The van der Waals surface area contributed by atoms with Gasteiger partial charge in [-0.3, -0.25) is 9.69 Å². The van der Waals surface area contributed by atoms with E-state index in [9.17, 15) is 4.79 Å². The van der Waals surface area contributed by atoms with Crippen LogP contribution in [0.4, 0.5) is 11.4 Å². The summed E-state index contributed by atoms with van der Waals surface area (Å²) in [5.41, 5.74) is 6.91. The molecule has 6 rings (SSSR count). The third kappa shape index (κ3) is 3.98. The number of carbonyl (C=O) groups is 1. The number of amides is 1. The zero-order chi connectivity index (χ0) is 22.4. The van der Waals surface area contributed by atoms with Crippen molar-refractivity contribution < 1.29 is 9.32 Å². The molecule has 0 aliphatic carbocycles. The lowest BCUT2D eigenvalue weighted by atomic mass is 10.1.